The van der Waals surface area contributed by atoms with Crippen LogP contribution in [0.2, 0.25) is 5.02 Å². The number of nitrogens with one attached hydrogen (secondary N) is 1. The Bertz CT molecular complexity index is 1430. The fourth-order valence-electron chi connectivity index (χ4n) is 3.44. The van der Waals surface area contributed by atoms with Gasteiger partial charge in [0.2, 0.25) is 5.91 Å². The molecule has 0 heterocycles. The highest BCUT2D eigenvalue weighted by atomic mass is 35.5. The number of carbonyl (C=O) groups excluding carboxylic acids is 1. The minimum Gasteiger partial charge on any atom is -0.495 e. The van der Waals surface area contributed by atoms with E-state index in [9.17, 15) is 13.2 Å². The number of ether oxygens (including phenoxy) is 2. The number of hydrogen-bond acceptors (Lipinski definition) is 5. The summed E-state index contributed by atoms with van der Waals surface area (Å²) >= 11 is 6.06. The fourth-order valence-corrected chi connectivity index (χ4v) is 5.05. The lowest BCUT2D eigenvalue weighted by atomic mass is 10.2. The third-order valence-electron chi connectivity index (χ3n) is 5.16. The highest BCUT2D eigenvalue weighted by Crippen LogP contribution is 2.30. The van der Waals surface area contributed by atoms with Crippen molar-refractivity contribution in [1.82, 2.24) is 0 Å². The number of carbonyl (C=O) groups is 1. The molecule has 0 aliphatic carbocycles. The fraction of sp³-hybridized carbons (Fsp3) is 0.0741. The van der Waals surface area contributed by atoms with E-state index in [1.807, 2.05) is 30.3 Å². The van der Waals surface area contributed by atoms with Crippen LogP contribution in [0.15, 0.2) is 108 Å². The van der Waals surface area contributed by atoms with Crippen LogP contribution in [0.3, 0.4) is 0 Å². The van der Waals surface area contributed by atoms with Crippen molar-refractivity contribution in [3.05, 3.63) is 108 Å². The molecule has 1 N–H and O–H groups in total. The topological polar surface area (TPSA) is 84.9 Å². The Balaban J connectivity index is 1.63. The van der Waals surface area contributed by atoms with Crippen molar-refractivity contribution in [2.75, 3.05) is 23.3 Å². The molecule has 184 valence electrons. The van der Waals surface area contributed by atoms with Crippen LogP contribution in [0.25, 0.3) is 0 Å². The maximum Gasteiger partial charge on any atom is 0.264 e. The summed E-state index contributed by atoms with van der Waals surface area (Å²) < 4.78 is 39.2. The Hall–Kier alpha value is -4.01. The highest BCUT2D eigenvalue weighted by molar-refractivity contribution is 7.92. The van der Waals surface area contributed by atoms with Crippen molar-refractivity contribution in [3.8, 4) is 17.2 Å². The molecule has 0 aromatic heterocycles. The van der Waals surface area contributed by atoms with Crippen LogP contribution in [0.1, 0.15) is 0 Å². The number of anilines is 2. The molecule has 0 saturated heterocycles. The van der Waals surface area contributed by atoms with Gasteiger partial charge in [-0.05, 0) is 66.7 Å². The van der Waals surface area contributed by atoms with Gasteiger partial charge < -0.3 is 14.8 Å². The molecule has 0 saturated carbocycles. The lowest BCUT2D eigenvalue weighted by Gasteiger charge is -2.24. The lowest BCUT2D eigenvalue weighted by molar-refractivity contribution is -0.114. The first-order valence-electron chi connectivity index (χ1n) is 10.9. The molecule has 7 nitrogen and oxygen atoms in total. The average Bonchev–Trinajstić information content (AvgIpc) is 2.89. The molecule has 0 bridgehead atoms. The molecule has 0 atom stereocenters. The molecule has 0 radical (unpaired) electrons. The zero-order valence-electron chi connectivity index (χ0n) is 19.3. The van der Waals surface area contributed by atoms with Gasteiger partial charge in [-0.15, -0.1) is 0 Å². The van der Waals surface area contributed by atoms with E-state index >= 15 is 0 Å². The summed E-state index contributed by atoms with van der Waals surface area (Å²) in [5, 5.41) is 3.09. The summed E-state index contributed by atoms with van der Waals surface area (Å²) in [6.07, 6.45) is 0. The number of benzene rings is 4. The summed E-state index contributed by atoms with van der Waals surface area (Å²) in [4.78, 5) is 13.1. The van der Waals surface area contributed by atoms with Crippen molar-refractivity contribution < 1.29 is 22.7 Å². The molecule has 0 aliphatic rings. The SMILES string of the molecule is COc1ccc(Cl)cc1NC(=O)CN(c1ccc(Oc2ccccc2)cc1)S(=O)(=O)c1ccccc1. The minimum absolute atomic E-state index is 0.0581. The standard InChI is InChI=1S/C27H23ClN2O5S/c1-34-26-17-12-20(28)18-25(26)29-27(31)19-30(36(32,33)24-10-6-3-7-11-24)21-13-15-23(16-14-21)35-22-8-4-2-5-9-22/h2-18H,19H2,1H3,(H,29,31). The number of rotatable bonds is 9. The predicted molar refractivity (Wildman–Crippen MR) is 141 cm³/mol. The van der Waals surface area contributed by atoms with Gasteiger partial charge >= 0.3 is 0 Å². The van der Waals surface area contributed by atoms with Gasteiger partial charge in [0.1, 0.15) is 23.8 Å². The number of hydrogen-bond donors (Lipinski definition) is 1. The molecule has 4 rings (SSSR count). The number of methoxy groups -OCH3 is 1. The Morgan fingerprint density at radius 2 is 1.47 bits per heavy atom. The average molecular weight is 523 g/mol. The largest absolute Gasteiger partial charge is 0.495 e. The van der Waals surface area contributed by atoms with E-state index in [-0.39, 0.29) is 4.90 Å². The second-order valence-corrected chi connectivity index (χ2v) is 9.93. The molecule has 4 aromatic rings. The second-order valence-electron chi connectivity index (χ2n) is 7.63. The van der Waals surface area contributed by atoms with Crippen molar-refractivity contribution in [1.29, 1.82) is 0 Å². The number of amides is 1. The summed E-state index contributed by atoms with van der Waals surface area (Å²) in [6.45, 7) is -0.480. The molecule has 4 aromatic carbocycles. The van der Waals surface area contributed by atoms with Crippen LogP contribution in [0.4, 0.5) is 11.4 Å². The maximum atomic E-state index is 13.5. The van der Waals surface area contributed by atoms with Crippen molar-refractivity contribution >= 4 is 38.9 Å². The molecular formula is C27H23ClN2O5S. The molecule has 9 heteroatoms. The van der Waals surface area contributed by atoms with Gasteiger partial charge in [-0.3, -0.25) is 9.10 Å². The first-order chi connectivity index (χ1) is 17.4. The first kappa shape index (κ1) is 25.1. The Labute approximate surface area is 214 Å². The van der Waals surface area contributed by atoms with Gasteiger partial charge in [-0.2, -0.15) is 0 Å². The molecule has 0 unspecified atom stereocenters. The van der Waals surface area contributed by atoms with E-state index < -0.39 is 22.5 Å². The van der Waals surface area contributed by atoms with Crippen LogP contribution >= 0.6 is 11.6 Å². The van der Waals surface area contributed by atoms with Gasteiger partial charge in [0, 0.05) is 5.02 Å². The van der Waals surface area contributed by atoms with Crippen LogP contribution in [-0.2, 0) is 14.8 Å². The Morgan fingerprint density at radius 3 is 2.11 bits per heavy atom. The molecule has 1 amide bonds. The molecule has 0 fully saturated rings. The van der Waals surface area contributed by atoms with E-state index in [0.29, 0.717) is 33.6 Å². The number of para-hydroxylation sites is 1. The van der Waals surface area contributed by atoms with E-state index in [4.69, 9.17) is 21.1 Å². The summed E-state index contributed by atoms with van der Waals surface area (Å²) in [5.41, 5.74) is 0.631. The van der Waals surface area contributed by atoms with Gasteiger partial charge in [0.05, 0.1) is 23.4 Å². The van der Waals surface area contributed by atoms with E-state index in [0.717, 1.165) is 4.31 Å². The first-order valence-corrected chi connectivity index (χ1v) is 12.7. The minimum atomic E-state index is -4.06. The number of nitrogens with zero attached hydrogens (tertiary/aromatic N) is 1. The normalized spacial score (nSPS) is 10.9. The van der Waals surface area contributed by atoms with Crippen molar-refractivity contribution in [2.45, 2.75) is 4.90 Å². The second kappa shape index (κ2) is 11.2. The van der Waals surface area contributed by atoms with E-state index in [1.165, 1.54) is 25.3 Å². The smallest absolute Gasteiger partial charge is 0.264 e. The van der Waals surface area contributed by atoms with Crippen LogP contribution in [0.5, 0.6) is 17.2 Å². The molecule has 0 spiro atoms. The van der Waals surface area contributed by atoms with Crippen LogP contribution in [0, 0.1) is 0 Å². The molecular weight excluding hydrogens is 500 g/mol. The number of halogens is 1. The number of sulfonamides is 1. The van der Waals surface area contributed by atoms with Crippen LogP contribution < -0.4 is 19.1 Å². The highest BCUT2D eigenvalue weighted by Gasteiger charge is 2.27. The molecule has 36 heavy (non-hydrogen) atoms. The van der Waals surface area contributed by atoms with Crippen molar-refractivity contribution in [2.24, 2.45) is 0 Å². The Morgan fingerprint density at radius 1 is 0.861 bits per heavy atom. The maximum absolute atomic E-state index is 13.5. The zero-order chi connectivity index (χ0) is 25.5. The third-order valence-corrected chi connectivity index (χ3v) is 7.18. The summed E-state index contributed by atoms with van der Waals surface area (Å²) in [6, 6.07) is 28.4. The third kappa shape index (κ3) is 5.97. The lowest BCUT2D eigenvalue weighted by Crippen LogP contribution is -2.38. The summed E-state index contributed by atoms with van der Waals surface area (Å²) in [7, 11) is -2.60. The van der Waals surface area contributed by atoms with Gasteiger partial charge in [-0.1, -0.05) is 48.0 Å². The summed E-state index contributed by atoms with van der Waals surface area (Å²) in [5.74, 6) is 0.997. The van der Waals surface area contributed by atoms with Crippen molar-refractivity contribution in [3.63, 3.8) is 0 Å². The van der Waals surface area contributed by atoms with E-state index in [2.05, 4.69) is 5.32 Å². The molecule has 0 aliphatic heterocycles. The Kier molecular flexibility index (Phi) is 7.77. The predicted octanol–water partition coefficient (Wildman–Crippen LogP) is 5.97. The zero-order valence-corrected chi connectivity index (χ0v) is 20.9. The monoisotopic (exact) mass is 522 g/mol. The quantitative estimate of drug-likeness (QED) is 0.292. The van der Waals surface area contributed by atoms with E-state index in [1.54, 1.807) is 54.6 Å². The van der Waals surface area contributed by atoms with Crippen LogP contribution in [-0.4, -0.2) is 28.0 Å². The van der Waals surface area contributed by atoms with Gasteiger partial charge in [0.25, 0.3) is 10.0 Å². The van der Waals surface area contributed by atoms with Gasteiger partial charge in [0.15, 0.2) is 0 Å². The van der Waals surface area contributed by atoms with Gasteiger partial charge in [-0.25, -0.2) is 8.42 Å².